The van der Waals surface area contributed by atoms with Crippen LogP contribution in [-0.2, 0) is 16.0 Å². The van der Waals surface area contributed by atoms with Gasteiger partial charge in [-0.25, -0.2) is 13.8 Å². The molecule has 2 aliphatic heterocycles. The second kappa shape index (κ2) is 7.93. The fourth-order valence-corrected chi connectivity index (χ4v) is 3.56. The fraction of sp³-hybridized carbons (Fsp3) is 0.526. The number of rotatable bonds is 4. The maximum atomic E-state index is 13.3. The zero-order valence-electron chi connectivity index (χ0n) is 14.9. The van der Waals surface area contributed by atoms with E-state index in [1.54, 1.807) is 13.1 Å². The zero-order chi connectivity index (χ0) is 18.7. The largest absolute Gasteiger partial charge is 0.337 e. The summed E-state index contributed by atoms with van der Waals surface area (Å²) in [6.07, 6.45) is 4.10. The molecule has 0 N–H and O–H groups in total. The lowest BCUT2D eigenvalue weighted by atomic mass is 9.91. The molecular weight excluding hydrogens is 340 g/mol. The molecule has 1 atom stereocenters. The summed E-state index contributed by atoms with van der Waals surface area (Å²) in [5.41, 5.74) is 1.21. The number of amides is 2. The van der Waals surface area contributed by atoms with Gasteiger partial charge >= 0.3 is 0 Å². The van der Waals surface area contributed by atoms with E-state index in [1.807, 2.05) is 4.90 Å². The predicted octanol–water partition coefficient (Wildman–Crippen LogP) is 2.74. The van der Waals surface area contributed by atoms with Crippen molar-refractivity contribution in [3.63, 3.8) is 0 Å². The normalized spacial score (nSPS) is 21.0. The minimum absolute atomic E-state index is 0.0791. The number of benzene rings is 1. The van der Waals surface area contributed by atoms with E-state index in [1.165, 1.54) is 11.1 Å². The van der Waals surface area contributed by atoms with Gasteiger partial charge in [-0.3, -0.25) is 9.59 Å². The molecule has 0 aliphatic carbocycles. The van der Waals surface area contributed by atoms with Crippen molar-refractivity contribution in [2.24, 2.45) is 11.0 Å². The van der Waals surface area contributed by atoms with Crippen molar-refractivity contribution >= 4 is 17.5 Å². The SMILES string of the molecule is CN1N=C(C(=O)N2CCC[C@H](CCc3ccc(F)c(F)c3)C2)CCC1=O. The van der Waals surface area contributed by atoms with Crippen LogP contribution < -0.4 is 0 Å². The molecule has 7 heteroatoms. The minimum Gasteiger partial charge on any atom is -0.337 e. The Balaban J connectivity index is 1.57. The Morgan fingerprint density at radius 2 is 2.08 bits per heavy atom. The van der Waals surface area contributed by atoms with Crippen LogP contribution in [-0.4, -0.2) is 47.6 Å². The fourth-order valence-electron chi connectivity index (χ4n) is 3.56. The first-order chi connectivity index (χ1) is 12.4. The van der Waals surface area contributed by atoms with Gasteiger partial charge in [-0.15, -0.1) is 0 Å². The van der Waals surface area contributed by atoms with Gasteiger partial charge in [-0.2, -0.15) is 5.10 Å². The summed E-state index contributed by atoms with van der Waals surface area (Å²) in [7, 11) is 1.57. The smallest absolute Gasteiger partial charge is 0.270 e. The van der Waals surface area contributed by atoms with Crippen molar-refractivity contribution in [3.8, 4) is 0 Å². The summed E-state index contributed by atoms with van der Waals surface area (Å²) in [4.78, 5) is 26.0. The Kier molecular flexibility index (Phi) is 5.64. The molecule has 0 radical (unpaired) electrons. The Hall–Kier alpha value is -2.31. The average molecular weight is 363 g/mol. The molecule has 2 heterocycles. The molecule has 1 aromatic carbocycles. The van der Waals surface area contributed by atoms with Crippen LogP contribution in [0.1, 0.15) is 37.7 Å². The molecule has 2 amide bonds. The monoisotopic (exact) mass is 363 g/mol. The second-order valence-electron chi connectivity index (χ2n) is 7.01. The van der Waals surface area contributed by atoms with Gasteiger partial charge in [-0.1, -0.05) is 6.07 Å². The summed E-state index contributed by atoms with van der Waals surface area (Å²) < 4.78 is 26.3. The first-order valence-corrected chi connectivity index (χ1v) is 9.01. The van der Waals surface area contributed by atoms with E-state index in [-0.39, 0.29) is 11.8 Å². The molecule has 1 fully saturated rings. The molecule has 1 saturated heterocycles. The molecule has 0 aromatic heterocycles. The van der Waals surface area contributed by atoms with Crippen LogP contribution in [0, 0.1) is 17.6 Å². The van der Waals surface area contributed by atoms with Crippen molar-refractivity contribution in [2.75, 3.05) is 20.1 Å². The van der Waals surface area contributed by atoms with Crippen molar-refractivity contribution in [1.82, 2.24) is 9.91 Å². The molecule has 1 aromatic rings. The van der Waals surface area contributed by atoms with Gasteiger partial charge < -0.3 is 4.90 Å². The lowest BCUT2D eigenvalue weighted by Gasteiger charge is -2.34. The van der Waals surface area contributed by atoms with E-state index in [0.717, 1.165) is 30.9 Å². The summed E-state index contributed by atoms with van der Waals surface area (Å²) in [5.74, 6) is -1.51. The molecule has 140 valence electrons. The molecule has 26 heavy (non-hydrogen) atoms. The van der Waals surface area contributed by atoms with Gasteiger partial charge in [0.2, 0.25) is 5.91 Å². The maximum Gasteiger partial charge on any atom is 0.270 e. The van der Waals surface area contributed by atoms with Crippen molar-refractivity contribution in [1.29, 1.82) is 0 Å². The van der Waals surface area contributed by atoms with E-state index in [9.17, 15) is 18.4 Å². The number of aryl methyl sites for hydroxylation is 1. The number of carbonyl (C=O) groups is 2. The summed E-state index contributed by atoms with van der Waals surface area (Å²) in [6, 6.07) is 4.00. The molecule has 2 aliphatic rings. The first kappa shape index (κ1) is 18.5. The number of hydrazone groups is 1. The number of piperidine rings is 1. The van der Waals surface area contributed by atoms with Crippen LogP contribution in [0.25, 0.3) is 0 Å². The van der Waals surface area contributed by atoms with Gasteiger partial charge in [0, 0.05) is 33.0 Å². The van der Waals surface area contributed by atoms with Crippen molar-refractivity contribution < 1.29 is 18.4 Å². The number of nitrogens with zero attached hydrogens (tertiary/aromatic N) is 3. The van der Waals surface area contributed by atoms with E-state index < -0.39 is 11.6 Å². The quantitative estimate of drug-likeness (QED) is 0.826. The van der Waals surface area contributed by atoms with E-state index >= 15 is 0 Å². The Morgan fingerprint density at radius 3 is 2.81 bits per heavy atom. The number of likely N-dealkylation sites (tertiary alicyclic amines) is 1. The van der Waals surface area contributed by atoms with Crippen LogP contribution in [0.3, 0.4) is 0 Å². The third-order valence-corrected chi connectivity index (χ3v) is 5.09. The molecular formula is C19H23F2N3O2. The Morgan fingerprint density at radius 1 is 1.27 bits per heavy atom. The molecule has 5 nitrogen and oxygen atoms in total. The van der Waals surface area contributed by atoms with Crippen molar-refractivity contribution in [2.45, 2.75) is 38.5 Å². The van der Waals surface area contributed by atoms with Crippen LogP contribution in [0.4, 0.5) is 8.78 Å². The maximum absolute atomic E-state index is 13.3. The average Bonchev–Trinajstić information content (AvgIpc) is 2.64. The standard InChI is InChI=1S/C19H23F2N3O2/c1-23-18(25)9-8-17(22-23)19(26)24-10-2-3-14(12-24)5-4-13-6-7-15(20)16(21)11-13/h6-7,11,14H,2-5,8-10,12H2,1H3/t14-/m1/s1. The lowest BCUT2D eigenvalue weighted by molar-refractivity contribution is -0.131. The highest BCUT2D eigenvalue weighted by Crippen LogP contribution is 2.23. The van der Waals surface area contributed by atoms with Crippen LogP contribution in [0.5, 0.6) is 0 Å². The number of hydrogen-bond acceptors (Lipinski definition) is 3. The number of hydrogen-bond donors (Lipinski definition) is 0. The first-order valence-electron chi connectivity index (χ1n) is 9.01. The van der Waals surface area contributed by atoms with Gasteiger partial charge in [-0.05, 0) is 49.3 Å². The van der Waals surface area contributed by atoms with Gasteiger partial charge in [0.05, 0.1) is 0 Å². The number of halogens is 2. The predicted molar refractivity (Wildman–Crippen MR) is 93.4 cm³/mol. The zero-order valence-corrected chi connectivity index (χ0v) is 14.9. The summed E-state index contributed by atoms with van der Waals surface area (Å²) in [5, 5.41) is 5.34. The Bertz CT molecular complexity index is 735. The molecule has 3 rings (SSSR count). The van der Waals surface area contributed by atoms with Gasteiger partial charge in [0.1, 0.15) is 5.71 Å². The third-order valence-electron chi connectivity index (χ3n) is 5.09. The third kappa shape index (κ3) is 4.26. The number of carbonyl (C=O) groups excluding carboxylic acids is 2. The van der Waals surface area contributed by atoms with E-state index in [2.05, 4.69) is 5.10 Å². The van der Waals surface area contributed by atoms with Crippen molar-refractivity contribution in [3.05, 3.63) is 35.4 Å². The lowest BCUT2D eigenvalue weighted by Crippen LogP contribution is -2.45. The summed E-state index contributed by atoms with van der Waals surface area (Å²) >= 11 is 0. The highest BCUT2D eigenvalue weighted by molar-refractivity contribution is 6.39. The van der Waals surface area contributed by atoms with Crippen LogP contribution in [0.15, 0.2) is 23.3 Å². The highest BCUT2D eigenvalue weighted by Gasteiger charge is 2.29. The minimum atomic E-state index is -0.833. The molecule has 0 unspecified atom stereocenters. The highest BCUT2D eigenvalue weighted by atomic mass is 19.2. The van der Waals surface area contributed by atoms with Crippen LogP contribution >= 0.6 is 0 Å². The molecule has 0 bridgehead atoms. The second-order valence-corrected chi connectivity index (χ2v) is 7.01. The summed E-state index contributed by atoms with van der Waals surface area (Å²) in [6.45, 7) is 1.33. The topological polar surface area (TPSA) is 53.0 Å². The van der Waals surface area contributed by atoms with Gasteiger partial charge in [0.25, 0.3) is 5.91 Å². The van der Waals surface area contributed by atoms with E-state index in [0.29, 0.717) is 44.0 Å². The molecule has 0 saturated carbocycles. The van der Waals surface area contributed by atoms with Crippen LogP contribution in [0.2, 0.25) is 0 Å². The van der Waals surface area contributed by atoms with E-state index in [4.69, 9.17) is 0 Å². The Labute approximate surface area is 151 Å². The molecule has 0 spiro atoms. The van der Waals surface area contributed by atoms with Gasteiger partial charge in [0.15, 0.2) is 11.6 Å².